The van der Waals surface area contributed by atoms with E-state index in [9.17, 15) is 0 Å². The van der Waals surface area contributed by atoms with E-state index < -0.39 is 0 Å². The summed E-state index contributed by atoms with van der Waals surface area (Å²) in [4.78, 5) is 0. The van der Waals surface area contributed by atoms with Crippen molar-refractivity contribution >= 4 is 0 Å². The standard InChI is InChI=1S/C19H25NO/c1-5-21-15-10-8-9-14(13-15)18(20)16-11-6-7-12-17(16)19(2,3)4/h6-13,18H,5,20H2,1-4H3. The van der Waals surface area contributed by atoms with Gasteiger partial charge in [-0.2, -0.15) is 0 Å². The molecule has 0 aliphatic heterocycles. The van der Waals surface area contributed by atoms with E-state index in [2.05, 4.69) is 51.1 Å². The van der Waals surface area contributed by atoms with Crippen molar-refractivity contribution in [1.82, 2.24) is 0 Å². The fourth-order valence-electron chi connectivity index (χ4n) is 2.60. The molecule has 0 saturated carbocycles. The molecule has 0 fully saturated rings. The van der Waals surface area contributed by atoms with Gasteiger partial charge in [-0.15, -0.1) is 0 Å². The van der Waals surface area contributed by atoms with Crippen LogP contribution in [0.15, 0.2) is 48.5 Å². The summed E-state index contributed by atoms with van der Waals surface area (Å²) in [7, 11) is 0. The molecule has 2 rings (SSSR count). The Morgan fingerprint density at radius 1 is 1.05 bits per heavy atom. The Labute approximate surface area is 127 Å². The fourth-order valence-corrected chi connectivity index (χ4v) is 2.60. The van der Waals surface area contributed by atoms with Crippen molar-refractivity contribution in [3.05, 3.63) is 65.2 Å². The first-order valence-corrected chi connectivity index (χ1v) is 7.51. The van der Waals surface area contributed by atoms with Crippen LogP contribution < -0.4 is 10.5 Å². The zero-order valence-electron chi connectivity index (χ0n) is 13.4. The lowest BCUT2D eigenvalue weighted by Crippen LogP contribution is -2.20. The molecule has 21 heavy (non-hydrogen) atoms. The van der Waals surface area contributed by atoms with Gasteiger partial charge in [-0.1, -0.05) is 57.2 Å². The van der Waals surface area contributed by atoms with E-state index >= 15 is 0 Å². The predicted molar refractivity (Wildman–Crippen MR) is 88.8 cm³/mol. The summed E-state index contributed by atoms with van der Waals surface area (Å²) >= 11 is 0. The smallest absolute Gasteiger partial charge is 0.119 e. The van der Waals surface area contributed by atoms with Crippen LogP contribution in [0.25, 0.3) is 0 Å². The van der Waals surface area contributed by atoms with Gasteiger partial charge in [0.1, 0.15) is 5.75 Å². The molecule has 0 radical (unpaired) electrons. The molecule has 112 valence electrons. The first-order valence-electron chi connectivity index (χ1n) is 7.51. The minimum atomic E-state index is -0.138. The molecule has 0 spiro atoms. The average molecular weight is 283 g/mol. The number of rotatable bonds is 4. The van der Waals surface area contributed by atoms with E-state index in [1.165, 1.54) is 11.1 Å². The van der Waals surface area contributed by atoms with Crippen LogP contribution in [0.2, 0.25) is 0 Å². The van der Waals surface area contributed by atoms with Gasteiger partial charge in [0, 0.05) is 0 Å². The van der Waals surface area contributed by atoms with Gasteiger partial charge in [-0.3, -0.25) is 0 Å². The second-order valence-corrected chi connectivity index (χ2v) is 6.32. The second-order valence-electron chi connectivity index (χ2n) is 6.32. The van der Waals surface area contributed by atoms with Gasteiger partial charge in [-0.05, 0) is 41.2 Å². The van der Waals surface area contributed by atoms with Crippen LogP contribution in [0.5, 0.6) is 5.75 Å². The quantitative estimate of drug-likeness (QED) is 0.901. The van der Waals surface area contributed by atoms with Crippen molar-refractivity contribution in [1.29, 1.82) is 0 Å². The molecule has 1 unspecified atom stereocenters. The summed E-state index contributed by atoms with van der Waals surface area (Å²) in [5.41, 5.74) is 10.1. The van der Waals surface area contributed by atoms with Crippen LogP contribution >= 0.6 is 0 Å². The molecule has 2 aromatic rings. The van der Waals surface area contributed by atoms with Crippen LogP contribution in [0.4, 0.5) is 0 Å². The summed E-state index contributed by atoms with van der Waals surface area (Å²) in [5.74, 6) is 0.874. The van der Waals surface area contributed by atoms with Gasteiger partial charge < -0.3 is 10.5 Å². The van der Waals surface area contributed by atoms with Crippen LogP contribution in [-0.2, 0) is 5.41 Å². The first kappa shape index (κ1) is 15.6. The van der Waals surface area contributed by atoms with E-state index in [-0.39, 0.29) is 11.5 Å². The first-order chi connectivity index (χ1) is 9.93. The zero-order valence-corrected chi connectivity index (χ0v) is 13.4. The van der Waals surface area contributed by atoms with Crippen molar-refractivity contribution in [2.75, 3.05) is 6.61 Å². The van der Waals surface area contributed by atoms with E-state index in [0.29, 0.717) is 6.61 Å². The molecular formula is C19H25NO. The molecule has 0 aromatic heterocycles. The van der Waals surface area contributed by atoms with Crippen LogP contribution in [0.1, 0.15) is 50.4 Å². The van der Waals surface area contributed by atoms with Gasteiger partial charge in [0.2, 0.25) is 0 Å². The van der Waals surface area contributed by atoms with E-state index in [4.69, 9.17) is 10.5 Å². The molecule has 2 aromatic carbocycles. The number of nitrogens with two attached hydrogens (primary N) is 1. The minimum absolute atomic E-state index is 0.0751. The van der Waals surface area contributed by atoms with Gasteiger partial charge in [0.25, 0.3) is 0 Å². The third-order valence-corrected chi connectivity index (χ3v) is 3.63. The Kier molecular flexibility index (Phi) is 4.69. The Bertz CT molecular complexity index is 599. The molecule has 0 amide bonds. The van der Waals surface area contributed by atoms with Crippen molar-refractivity contribution < 1.29 is 4.74 Å². The maximum atomic E-state index is 6.52. The molecule has 0 aliphatic rings. The molecular weight excluding hydrogens is 258 g/mol. The van der Waals surface area contributed by atoms with Crippen molar-refractivity contribution in [3.8, 4) is 5.75 Å². The van der Waals surface area contributed by atoms with Gasteiger partial charge >= 0.3 is 0 Å². The number of hydrogen-bond donors (Lipinski definition) is 1. The van der Waals surface area contributed by atoms with Crippen LogP contribution in [-0.4, -0.2) is 6.61 Å². The van der Waals surface area contributed by atoms with Crippen molar-refractivity contribution in [3.63, 3.8) is 0 Å². The molecule has 0 aliphatic carbocycles. The lowest BCUT2D eigenvalue weighted by molar-refractivity contribution is 0.340. The zero-order chi connectivity index (χ0) is 15.5. The largest absolute Gasteiger partial charge is 0.494 e. The summed E-state index contributed by atoms with van der Waals surface area (Å²) < 4.78 is 5.57. The normalized spacial score (nSPS) is 13.0. The SMILES string of the molecule is CCOc1cccc(C(N)c2ccccc2C(C)(C)C)c1. The lowest BCUT2D eigenvalue weighted by atomic mass is 9.81. The third-order valence-electron chi connectivity index (χ3n) is 3.63. The summed E-state index contributed by atoms with van der Waals surface area (Å²) in [6, 6.07) is 16.3. The highest BCUT2D eigenvalue weighted by Gasteiger charge is 2.21. The third kappa shape index (κ3) is 3.64. The van der Waals surface area contributed by atoms with E-state index in [0.717, 1.165) is 11.3 Å². The molecule has 0 saturated heterocycles. The monoisotopic (exact) mass is 283 g/mol. The molecule has 0 heterocycles. The number of hydrogen-bond acceptors (Lipinski definition) is 2. The van der Waals surface area contributed by atoms with Crippen LogP contribution in [0.3, 0.4) is 0 Å². The molecule has 2 nitrogen and oxygen atoms in total. The number of benzene rings is 2. The highest BCUT2D eigenvalue weighted by Crippen LogP contribution is 2.32. The Morgan fingerprint density at radius 2 is 1.76 bits per heavy atom. The summed E-state index contributed by atoms with van der Waals surface area (Å²) in [5, 5.41) is 0. The minimum Gasteiger partial charge on any atom is -0.494 e. The predicted octanol–water partition coefficient (Wildman–Crippen LogP) is 4.43. The Hall–Kier alpha value is -1.80. The van der Waals surface area contributed by atoms with Crippen molar-refractivity contribution in [2.45, 2.75) is 39.2 Å². The fraction of sp³-hybridized carbons (Fsp3) is 0.368. The highest BCUT2D eigenvalue weighted by molar-refractivity contribution is 5.42. The topological polar surface area (TPSA) is 35.2 Å². The number of ether oxygens (including phenoxy) is 1. The second kappa shape index (κ2) is 6.31. The molecule has 2 heteroatoms. The average Bonchev–Trinajstić information content (AvgIpc) is 2.46. The molecule has 2 N–H and O–H groups in total. The summed E-state index contributed by atoms with van der Waals surface area (Å²) in [6.07, 6.45) is 0. The lowest BCUT2D eigenvalue weighted by Gasteiger charge is -2.26. The van der Waals surface area contributed by atoms with Crippen molar-refractivity contribution in [2.24, 2.45) is 5.73 Å². The maximum Gasteiger partial charge on any atom is 0.119 e. The highest BCUT2D eigenvalue weighted by atomic mass is 16.5. The Balaban J connectivity index is 2.41. The Morgan fingerprint density at radius 3 is 2.43 bits per heavy atom. The summed E-state index contributed by atoms with van der Waals surface area (Å²) in [6.45, 7) is 9.30. The van der Waals surface area contributed by atoms with E-state index in [1.807, 2.05) is 25.1 Å². The van der Waals surface area contributed by atoms with Crippen LogP contribution in [0, 0.1) is 0 Å². The maximum absolute atomic E-state index is 6.52. The van der Waals surface area contributed by atoms with Gasteiger partial charge in [0.05, 0.1) is 12.6 Å². The van der Waals surface area contributed by atoms with E-state index in [1.54, 1.807) is 0 Å². The van der Waals surface area contributed by atoms with Gasteiger partial charge in [0.15, 0.2) is 0 Å². The molecule has 1 atom stereocenters. The van der Waals surface area contributed by atoms with Gasteiger partial charge in [-0.25, -0.2) is 0 Å². The molecule has 0 bridgehead atoms.